The fourth-order valence-corrected chi connectivity index (χ4v) is 4.73. The number of carbonyl (C=O) groups excluding carboxylic acids is 2. The molecule has 0 atom stereocenters. The van der Waals surface area contributed by atoms with Crippen molar-refractivity contribution in [1.82, 2.24) is 9.29 Å². The topological polar surface area (TPSA) is 119 Å². The number of anilines is 1. The number of rotatable bonds is 7. The number of amidine groups is 1. The van der Waals surface area contributed by atoms with Crippen LogP contribution in [-0.4, -0.2) is 43.8 Å². The number of hydrogen-bond acceptors (Lipinski definition) is 6. The summed E-state index contributed by atoms with van der Waals surface area (Å²) in [7, 11) is -3.84. The van der Waals surface area contributed by atoms with E-state index in [2.05, 4.69) is 15.0 Å². The van der Waals surface area contributed by atoms with Crippen molar-refractivity contribution in [2.75, 3.05) is 18.5 Å². The van der Waals surface area contributed by atoms with Gasteiger partial charge >= 0.3 is 5.97 Å². The van der Waals surface area contributed by atoms with Crippen LogP contribution >= 0.6 is 0 Å². The summed E-state index contributed by atoms with van der Waals surface area (Å²) in [6.07, 6.45) is 7.19. The highest BCUT2D eigenvalue weighted by Crippen LogP contribution is 2.17. The van der Waals surface area contributed by atoms with Crippen LogP contribution in [0.4, 0.5) is 5.69 Å². The zero-order chi connectivity index (χ0) is 24.7. The molecule has 182 valence electrons. The molecular formula is C25H26N4O5S. The second-order valence-electron chi connectivity index (χ2n) is 8.03. The fraction of sp³-hybridized carbons (Fsp3) is 0.240. The molecule has 0 radical (unpaired) electrons. The van der Waals surface area contributed by atoms with Gasteiger partial charge in [-0.2, -0.15) is 0 Å². The highest BCUT2D eigenvalue weighted by Gasteiger charge is 2.18. The van der Waals surface area contributed by atoms with E-state index in [1.807, 2.05) is 29.1 Å². The van der Waals surface area contributed by atoms with Crippen LogP contribution < -0.4 is 10.0 Å². The van der Waals surface area contributed by atoms with Gasteiger partial charge in [-0.25, -0.2) is 13.2 Å². The summed E-state index contributed by atoms with van der Waals surface area (Å²) < 4.78 is 35.0. The maximum Gasteiger partial charge on any atom is 0.338 e. The van der Waals surface area contributed by atoms with Crippen molar-refractivity contribution < 1.29 is 22.7 Å². The van der Waals surface area contributed by atoms with Crippen molar-refractivity contribution in [3.63, 3.8) is 0 Å². The van der Waals surface area contributed by atoms with Crippen LogP contribution in [0.5, 0.6) is 0 Å². The molecule has 0 saturated heterocycles. The Morgan fingerprint density at radius 2 is 1.74 bits per heavy atom. The summed E-state index contributed by atoms with van der Waals surface area (Å²) in [6, 6.07) is 16.5. The molecule has 0 bridgehead atoms. The highest BCUT2D eigenvalue weighted by atomic mass is 32.2. The number of amides is 1. The first-order chi connectivity index (χ1) is 16.9. The van der Waals surface area contributed by atoms with Crippen molar-refractivity contribution in [3.8, 4) is 5.69 Å². The lowest BCUT2D eigenvalue weighted by molar-refractivity contribution is -0.119. The average molecular weight is 495 g/mol. The lowest BCUT2D eigenvalue weighted by Gasteiger charge is -2.11. The Hall–Kier alpha value is -3.92. The maximum absolute atomic E-state index is 12.7. The summed E-state index contributed by atoms with van der Waals surface area (Å²) in [5.41, 5.74) is 1.47. The minimum absolute atomic E-state index is 0.00187. The van der Waals surface area contributed by atoms with Gasteiger partial charge in [0.15, 0.2) is 6.61 Å². The first-order valence-corrected chi connectivity index (χ1v) is 12.8. The van der Waals surface area contributed by atoms with Crippen molar-refractivity contribution in [3.05, 3.63) is 78.6 Å². The van der Waals surface area contributed by atoms with Crippen LogP contribution in [0.1, 0.15) is 36.0 Å². The first-order valence-electron chi connectivity index (χ1n) is 11.3. The quantitative estimate of drug-likeness (QED) is 0.487. The molecule has 0 unspecified atom stereocenters. The standard InChI is InChI=1S/C25H26N4O5S/c30-24(18-34-25(31)19-10-12-21(13-11-19)29-15-4-5-16-29)27-20-7-6-8-22(17-20)35(32,33)28-23-9-2-1-3-14-26-23/h4-8,10-13,15-17H,1-3,9,14,18H2,(H,26,28)(H,27,30). The number of aliphatic imine (C=N–C) groups is 1. The second kappa shape index (κ2) is 11.0. The monoisotopic (exact) mass is 494 g/mol. The van der Waals surface area contributed by atoms with Gasteiger partial charge in [-0.1, -0.05) is 12.5 Å². The number of hydrogen-bond donors (Lipinski definition) is 2. The van der Waals surface area contributed by atoms with Crippen LogP contribution in [0.3, 0.4) is 0 Å². The van der Waals surface area contributed by atoms with Crippen molar-refractivity contribution in [1.29, 1.82) is 0 Å². The minimum Gasteiger partial charge on any atom is -0.452 e. The van der Waals surface area contributed by atoms with E-state index in [0.717, 1.165) is 24.9 Å². The molecule has 10 heteroatoms. The molecule has 0 saturated carbocycles. The molecule has 2 heterocycles. The Morgan fingerprint density at radius 3 is 2.51 bits per heavy atom. The van der Waals surface area contributed by atoms with E-state index in [1.54, 1.807) is 30.3 Å². The predicted octanol–water partition coefficient (Wildman–Crippen LogP) is 3.52. The maximum atomic E-state index is 12.7. The summed E-state index contributed by atoms with van der Waals surface area (Å²) in [6.45, 7) is 0.0914. The Balaban J connectivity index is 1.32. The van der Waals surface area contributed by atoms with Gasteiger partial charge in [0.1, 0.15) is 5.84 Å². The largest absolute Gasteiger partial charge is 0.452 e. The van der Waals surface area contributed by atoms with E-state index < -0.39 is 28.5 Å². The Labute approximate surface area is 203 Å². The van der Waals surface area contributed by atoms with Gasteiger partial charge in [-0.15, -0.1) is 0 Å². The predicted molar refractivity (Wildman–Crippen MR) is 132 cm³/mol. The van der Waals surface area contributed by atoms with Gasteiger partial charge in [-0.3, -0.25) is 14.5 Å². The van der Waals surface area contributed by atoms with Gasteiger partial charge in [0, 0.05) is 36.7 Å². The minimum atomic E-state index is -3.84. The average Bonchev–Trinajstić information content (AvgIpc) is 3.28. The zero-order valence-electron chi connectivity index (χ0n) is 19.0. The highest BCUT2D eigenvalue weighted by molar-refractivity contribution is 7.90. The molecule has 35 heavy (non-hydrogen) atoms. The zero-order valence-corrected chi connectivity index (χ0v) is 19.8. The Morgan fingerprint density at radius 1 is 0.971 bits per heavy atom. The molecule has 0 aliphatic carbocycles. The SMILES string of the molecule is O=C(COC(=O)c1ccc(-n2cccc2)cc1)Nc1cccc(S(=O)(=O)NC2=NCCCCC2)c1. The van der Waals surface area contributed by atoms with Gasteiger partial charge in [-0.05, 0) is 67.4 Å². The van der Waals surface area contributed by atoms with E-state index in [-0.39, 0.29) is 10.6 Å². The van der Waals surface area contributed by atoms with Crippen molar-refractivity contribution >= 4 is 33.4 Å². The first kappa shape index (κ1) is 24.2. The number of esters is 1. The molecule has 0 spiro atoms. The number of sulfonamides is 1. The van der Waals surface area contributed by atoms with Gasteiger partial charge in [0.2, 0.25) is 0 Å². The third-order valence-corrected chi connectivity index (χ3v) is 6.77. The molecule has 9 nitrogen and oxygen atoms in total. The molecule has 1 aliphatic rings. The fourth-order valence-electron chi connectivity index (χ4n) is 3.60. The lowest BCUT2D eigenvalue weighted by Crippen LogP contribution is -2.30. The molecule has 1 amide bonds. The van der Waals surface area contributed by atoms with Crippen LogP contribution in [0, 0.1) is 0 Å². The molecular weight excluding hydrogens is 468 g/mol. The Kier molecular flexibility index (Phi) is 7.61. The number of nitrogens with zero attached hydrogens (tertiary/aromatic N) is 2. The van der Waals surface area contributed by atoms with E-state index in [9.17, 15) is 18.0 Å². The molecule has 1 aromatic heterocycles. The third kappa shape index (κ3) is 6.57. The summed E-state index contributed by atoms with van der Waals surface area (Å²) in [5, 5.41) is 2.56. The third-order valence-electron chi connectivity index (χ3n) is 5.39. The van der Waals surface area contributed by atoms with Crippen molar-refractivity contribution in [2.24, 2.45) is 4.99 Å². The van der Waals surface area contributed by atoms with E-state index in [4.69, 9.17) is 4.74 Å². The van der Waals surface area contributed by atoms with E-state index >= 15 is 0 Å². The summed E-state index contributed by atoms with van der Waals surface area (Å²) in [4.78, 5) is 28.9. The molecule has 1 aliphatic heterocycles. The molecule has 4 rings (SSSR count). The normalized spacial score (nSPS) is 13.9. The number of aromatic nitrogens is 1. The number of benzene rings is 2. The van der Waals surface area contributed by atoms with E-state index in [0.29, 0.717) is 24.4 Å². The molecule has 2 N–H and O–H groups in total. The molecule has 0 fully saturated rings. The second-order valence-corrected chi connectivity index (χ2v) is 9.72. The Bertz CT molecular complexity index is 1320. The number of nitrogens with one attached hydrogen (secondary N) is 2. The van der Waals surface area contributed by atoms with E-state index in [1.165, 1.54) is 18.2 Å². The number of carbonyl (C=O) groups is 2. The molecule has 2 aromatic carbocycles. The van der Waals surface area contributed by atoms with Gasteiger partial charge in [0.05, 0.1) is 10.5 Å². The van der Waals surface area contributed by atoms with Crippen molar-refractivity contribution in [2.45, 2.75) is 30.6 Å². The number of ether oxygens (including phenoxy) is 1. The summed E-state index contributed by atoms with van der Waals surface area (Å²) in [5.74, 6) is -0.771. The van der Waals surface area contributed by atoms with Crippen LogP contribution in [0.15, 0.2) is 82.9 Å². The van der Waals surface area contributed by atoms with Crippen LogP contribution in [-0.2, 0) is 19.6 Å². The van der Waals surface area contributed by atoms with Gasteiger partial charge in [0.25, 0.3) is 15.9 Å². The van der Waals surface area contributed by atoms with Gasteiger partial charge < -0.3 is 14.6 Å². The smallest absolute Gasteiger partial charge is 0.338 e. The van der Waals surface area contributed by atoms with Crippen LogP contribution in [0.25, 0.3) is 5.69 Å². The molecule has 3 aromatic rings. The lowest BCUT2D eigenvalue weighted by atomic mass is 10.2. The summed E-state index contributed by atoms with van der Waals surface area (Å²) >= 11 is 0. The van der Waals surface area contributed by atoms with Crippen LogP contribution in [0.2, 0.25) is 0 Å².